The average molecular weight is 411 g/mol. The molecule has 6 nitrogen and oxygen atoms in total. The van der Waals surface area contributed by atoms with Crippen LogP contribution in [0.25, 0.3) is 5.69 Å². The van der Waals surface area contributed by atoms with Crippen LogP contribution in [0.15, 0.2) is 65.6 Å². The zero-order valence-electron chi connectivity index (χ0n) is 17.3. The summed E-state index contributed by atoms with van der Waals surface area (Å²) in [5, 5.41) is 11.8. The zero-order valence-corrected chi connectivity index (χ0v) is 17.3. The van der Waals surface area contributed by atoms with E-state index in [9.17, 15) is 14.4 Å². The lowest BCUT2D eigenvalue weighted by molar-refractivity contribution is 0.0910. The molecule has 1 aromatic heterocycles. The first-order valence-corrected chi connectivity index (χ1v) is 9.98. The average Bonchev–Trinajstić information content (AvgIpc) is 2.73. The van der Waals surface area contributed by atoms with Gasteiger partial charge in [-0.2, -0.15) is 5.26 Å². The van der Waals surface area contributed by atoms with Crippen LogP contribution in [0.4, 0.5) is 5.69 Å². The van der Waals surface area contributed by atoms with Crippen LogP contribution in [-0.2, 0) is 6.42 Å². The maximum absolute atomic E-state index is 13.5. The van der Waals surface area contributed by atoms with Crippen molar-refractivity contribution in [3.05, 3.63) is 93.4 Å². The van der Waals surface area contributed by atoms with Gasteiger partial charge >= 0.3 is 0 Å². The summed E-state index contributed by atoms with van der Waals surface area (Å²) in [6.45, 7) is 3.91. The Morgan fingerprint density at radius 2 is 1.81 bits per heavy atom. The Balaban J connectivity index is 1.90. The molecule has 2 aromatic carbocycles. The number of rotatable bonds is 3. The summed E-state index contributed by atoms with van der Waals surface area (Å²) in [4.78, 5) is 39.7. The Hall–Kier alpha value is -3.98. The van der Waals surface area contributed by atoms with E-state index in [0.29, 0.717) is 40.9 Å². The molecule has 1 aliphatic carbocycles. The number of hydrogen-bond acceptors (Lipinski definition) is 4. The van der Waals surface area contributed by atoms with Gasteiger partial charge in [0, 0.05) is 29.6 Å². The fourth-order valence-electron chi connectivity index (χ4n) is 4.02. The van der Waals surface area contributed by atoms with Crippen LogP contribution in [0.5, 0.6) is 0 Å². The fraction of sp³-hybridized carbons (Fsp3) is 0.200. The number of ketones is 1. The van der Waals surface area contributed by atoms with Crippen LogP contribution in [0.2, 0.25) is 0 Å². The first-order chi connectivity index (χ1) is 14.8. The molecule has 0 unspecified atom stereocenters. The van der Waals surface area contributed by atoms with Crippen LogP contribution >= 0.6 is 0 Å². The van der Waals surface area contributed by atoms with Gasteiger partial charge in [-0.25, -0.2) is 0 Å². The second-order valence-electron chi connectivity index (χ2n) is 8.49. The standard InChI is InChI=1S/C25H21N3O3/c1-25(2)12-19-20(21(29)13-25)15-28(18-9-4-3-5-10-18)24(31)22(19)23(30)27-17-8-6-7-16(11-17)14-26/h3-11,15H,12-13H2,1-2H3,(H,27,30). The number of para-hydroxylation sites is 1. The smallest absolute Gasteiger partial charge is 0.268 e. The van der Waals surface area contributed by atoms with Gasteiger partial charge in [0.2, 0.25) is 0 Å². The van der Waals surface area contributed by atoms with Crippen molar-refractivity contribution >= 4 is 17.4 Å². The Kier molecular flexibility index (Phi) is 5.04. The van der Waals surface area contributed by atoms with Crippen molar-refractivity contribution in [3.8, 4) is 11.8 Å². The number of pyridine rings is 1. The minimum atomic E-state index is -0.591. The first-order valence-electron chi connectivity index (χ1n) is 9.98. The van der Waals surface area contributed by atoms with E-state index in [0.717, 1.165) is 0 Å². The van der Waals surface area contributed by atoms with Gasteiger partial charge in [-0.3, -0.25) is 19.0 Å². The molecule has 1 aliphatic rings. The Bertz CT molecular complexity index is 1300. The molecule has 0 bridgehead atoms. The molecule has 0 spiro atoms. The minimum Gasteiger partial charge on any atom is -0.322 e. The third-order valence-electron chi connectivity index (χ3n) is 5.42. The highest BCUT2D eigenvalue weighted by atomic mass is 16.2. The Labute approximate surface area is 179 Å². The van der Waals surface area contributed by atoms with E-state index in [2.05, 4.69) is 5.32 Å². The SMILES string of the molecule is CC1(C)CC(=O)c2cn(-c3ccccc3)c(=O)c(C(=O)Nc3cccc(C#N)c3)c2C1. The highest BCUT2D eigenvalue weighted by Gasteiger charge is 2.36. The molecule has 4 rings (SSSR count). The number of anilines is 1. The number of hydrogen-bond donors (Lipinski definition) is 1. The van der Waals surface area contributed by atoms with Crippen LogP contribution < -0.4 is 10.9 Å². The van der Waals surface area contributed by atoms with Crippen molar-refractivity contribution in [1.82, 2.24) is 4.57 Å². The molecule has 0 atom stereocenters. The van der Waals surface area contributed by atoms with Gasteiger partial charge in [-0.15, -0.1) is 0 Å². The molecule has 6 heteroatoms. The van der Waals surface area contributed by atoms with Gasteiger partial charge in [-0.05, 0) is 47.7 Å². The second kappa shape index (κ2) is 7.69. The van der Waals surface area contributed by atoms with E-state index in [-0.39, 0.29) is 16.8 Å². The van der Waals surface area contributed by atoms with Crippen molar-refractivity contribution < 1.29 is 9.59 Å². The lowest BCUT2D eigenvalue weighted by atomic mass is 9.73. The van der Waals surface area contributed by atoms with Gasteiger partial charge in [-0.1, -0.05) is 38.1 Å². The van der Waals surface area contributed by atoms with E-state index in [1.807, 2.05) is 26.0 Å². The van der Waals surface area contributed by atoms with E-state index in [1.165, 1.54) is 10.6 Å². The number of carbonyl (C=O) groups excluding carboxylic acids is 2. The molecule has 1 amide bonds. The topological polar surface area (TPSA) is 92.0 Å². The van der Waals surface area contributed by atoms with E-state index in [1.54, 1.807) is 48.7 Å². The molecule has 0 aliphatic heterocycles. The maximum Gasteiger partial charge on any atom is 0.268 e. The summed E-state index contributed by atoms with van der Waals surface area (Å²) >= 11 is 0. The number of benzene rings is 2. The number of amides is 1. The Morgan fingerprint density at radius 1 is 1.06 bits per heavy atom. The highest BCUT2D eigenvalue weighted by Crippen LogP contribution is 2.36. The maximum atomic E-state index is 13.5. The second-order valence-corrected chi connectivity index (χ2v) is 8.49. The highest BCUT2D eigenvalue weighted by molar-refractivity contribution is 6.08. The van der Waals surface area contributed by atoms with E-state index < -0.39 is 11.5 Å². The van der Waals surface area contributed by atoms with Gasteiger partial charge in [0.25, 0.3) is 11.5 Å². The molecule has 0 saturated heterocycles. The first kappa shape index (κ1) is 20.3. The van der Waals surface area contributed by atoms with Crippen LogP contribution in [0.1, 0.15) is 52.1 Å². The summed E-state index contributed by atoms with van der Waals surface area (Å²) in [5.74, 6) is -0.677. The number of carbonyl (C=O) groups is 2. The van der Waals surface area contributed by atoms with Crippen molar-refractivity contribution in [2.24, 2.45) is 5.41 Å². The van der Waals surface area contributed by atoms with E-state index in [4.69, 9.17) is 5.26 Å². The molecule has 1 heterocycles. The van der Waals surface area contributed by atoms with Crippen LogP contribution in [0.3, 0.4) is 0 Å². The molecule has 154 valence electrons. The number of nitrogens with zero attached hydrogens (tertiary/aromatic N) is 2. The molecule has 0 radical (unpaired) electrons. The van der Waals surface area contributed by atoms with Gasteiger partial charge < -0.3 is 5.32 Å². The summed E-state index contributed by atoms with van der Waals surface area (Å²) in [5.41, 5.74) is 1.39. The predicted molar refractivity (Wildman–Crippen MR) is 118 cm³/mol. The molecule has 3 aromatic rings. The zero-order chi connectivity index (χ0) is 22.2. The largest absolute Gasteiger partial charge is 0.322 e. The summed E-state index contributed by atoms with van der Waals surface area (Å²) in [7, 11) is 0. The van der Waals surface area contributed by atoms with Gasteiger partial charge in [0.15, 0.2) is 5.78 Å². The molecule has 1 N–H and O–H groups in total. The number of aromatic nitrogens is 1. The normalized spacial score (nSPS) is 14.4. The van der Waals surface area contributed by atoms with Gasteiger partial charge in [0.05, 0.1) is 11.6 Å². The van der Waals surface area contributed by atoms with Crippen molar-refractivity contribution in [3.63, 3.8) is 0 Å². The molecular weight excluding hydrogens is 390 g/mol. The number of nitrogens with one attached hydrogen (secondary N) is 1. The molecule has 0 saturated carbocycles. The van der Waals surface area contributed by atoms with Crippen LogP contribution in [-0.4, -0.2) is 16.3 Å². The van der Waals surface area contributed by atoms with Crippen LogP contribution in [0, 0.1) is 16.7 Å². The summed E-state index contributed by atoms with van der Waals surface area (Å²) in [6.07, 6.45) is 2.34. The lowest BCUT2D eigenvalue weighted by Crippen LogP contribution is -2.37. The summed E-state index contributed by atoms with van der Waals surface area (Å²) < 4.78 is 1.36. The third-order valence-corrected chi connectivity index (χ3v) is 5.42. The molecule has 0 fully saturated rings. The number of fused-ring (bicyclic) bond motifs is 1. The molecule has 31 heavy (non-hydrogen) atoms. The Morgan fingerprint density at radius 3 is 2.52 bits per heavy atom. The van der Waals surface area contributed by atoms with E-state index >= 15 is 0 Å². The number of Topliss-reactive ketones (excluding diaryl/α,β-unsaturated/α-hetero) is 1. The predicted octanol–water partition coefficient (Wildman–Crippen LogP) is 4.12. The summed E-state index contributed by atoms with van der Waals surface area (Å²) in [6, 6.07) is 17.4. The fourth-order valence-corrected chi connectivity index (χ4v) is 4.02. The number of nitriles is 1. The third kappa shape index (κ3) is 3.90. The van der Waals surface area contributed by atoms with Crippen molar-refractivity contribution in [2.45, 2.75) is 26.7 Å². The lowest BCUT2D eigenvalue weighted by Gasteiger charge is -2.31. The quantitative estimate of drug-likeness (QED) is 0.702. The van der Waals surface area contributed by atoms with Crippen molar-refractivity contribution in [1.29, 1.82) is 5.26 Å². The van der Waals surface area contributed by atoms with Crippen molar-refractivity contribution in [2.75, 3.05) is 5.32 Å². The monoisotopic (exact) mass is 411 g/mol. The minimum absolute atomic E-state index is 0.0372. The van der Waals surface area contributed by atoms with Gasteiger partial charge in [0.1, 0.15) is 5.56 Å². The molecular formula is C25H21N3O3.